The van der Waals surface area contributed by atoms with Crippen LogP contribution in [-0.4, -0.2) is 42.3 Å². The minimum absolute atomic E-state index is 0.0999. The fourth-order valence-electron chi connectivity index (χ4n) is 0.895. The van der Waals surface area contributed by atoms with Crippen LogP contribution in [0.5, 0.6) is 0 Å². The number of hydrogen-bond donors (Lipinski definition) is 0. The molecule has 1 saturated heterocycles. The highest BCUT2D eigenvalue weighted by molar-refractivity contribution is 6.02. The quantitative estimate of drug-likeness (QED) is 0.438. The number of carbonyl (C=O) groups is 2. The third-order valence-corrected chi connectivity index (χ3v) is 1.74. The third kappa shape index (κ3) is 1.11. The Morgan fingerprint density at radius 1 is 1.36 bits per heavy atom. The highest BCUT2D eigenvalue weighted by atomic mass is 16.2. The molecule has 0 atom stereocenters. The number of carbonyl (C=O) groups excluding carboxylic acids is 2. The van der Waals surface area contributed by atoms with Gasteiger partial charge in [-0.3, -0.25) is 9.59 Å². The van der Waals surface area contributed by atoms with Crippen molar-refractivity contribution < 1.29 is 9.59 Å². The van der Waals surface area contributed by atoms with Crippen molar-refractivity contribution in [1.82, 2.24) is 9.80 Å². The van der Waals surface area contributed by atoms with Crippen molar-refractivity contribution in [2.24, 2.45) is 0 Å². The van der Waals surface area contributed by atoms with Gasteiger partial charge < -0.3 is 9.80 Å². The van der Waals surface area contributed by atoms with Crippen LogP contribution in [0.3, 0.4) is 0 Å². The first kappa shape index (κ1) is 7.78. The SMILES string of the molecule is C=C1C(=O)N(C)CC(=O)N1C. The molecule has 11 heavy (non-hydrogen) atoms. The van der Waals surface area contributed by atoms with E-state index < -0.39 is 0 Å². The van der Waals surface area contributed by atoms with Crippen molar-refractivity contribution >= 4 is 11.8 Å². The summed E-state index contributed by atoms with van der Waals surface area (Å²) in [4.78, 5) is 24.8. The van der Waals surface area contributed by atoms with Gasteiger partial charge in [0.1, 0.15) is 12.2 Å². The van der Waals surface area contributed by atoms with Crippen LogP contribution in [0.15, 0.2) is 12.3 Å². The Hall–Kier alpha value is -1.32. The Labute approximate surface area is 65.1 Å². The number of hydrogen-bond acceptors (Lipinski definition) is 2. The molecule has 1 aliphatic heterocycles. The van der Waals surface area contributed by atoms with E-state index in [1.165, 1.54) is 9.80 Å². The maximum absolute atomic E-state index is 11.1. The lowest BCUT2D eigenvalue weighted by molar-refractivity contribution is -0.142. The molecular formula is C7H10N2O2. The molecule has 60 valence electrons. The maximum Gasteiger partial charge on any atom is 0.270 e. The molecule has 1 fully saturated rings. The van der Waals surface area contributed by atoms with Gasteiger partial charge in [0.05, 0.1) is 0 Å². The molecule has 1 rings (SSSR count). The van der Waals surface area contributed by atoms with Crippen molar-refractivity contribution in [2.45, 2.75) is 0 Å². The van der Waals surface area contributed by atoms with E-state index >= 15 is 0 Å². The molecule has 1 aliphatic rings. The van der Waals surface area contributed by atoms with E-state index in [-0.39, 0.29) is 24.1 Å². The van der Waals surface area contributed by atoms with Crippen LogP contribution < -0.4 is 0 Å². The van der Waals surface area contributed by atoms with Gasteiger partial charge in [-0.2, -0.15) is 0 Å². The molecular weight excluding hydrogens is 144 g/mol. The summed E-state index contributed by atoms with van der Waals surface area (Å²) < 4.78 is 0. The maximum atomic E-state index is 11.1. The fourth-order valence-corrected chi connectivity index (χ4v) is 0.895. The van der Waals surface area contributed by atoms with E-state index in [0.717, 1.165) is 0 Å². The van der Waals surface area contributed by atoms with Crippen molar-refractivity contribution in [3.8, 4) is 0 Å². The average molecular weight is 154 g/mol. The van der Waals surface area contributed by atoms with Gasteiger partial charge in [-0.25, -0.2) is 0 Å². The Kier molecular flexibility index (Phi) is 1.68. The largest absolute Gasteiger partial charge is 0.331 e. The number of piperazine rings is 1. The number of likely N-dealkylation sites (N-methyl/N-ethyl adjacent to an activating group) is 2. The zero-order chi connectivity index (χ0) is 8.59. The van der Waals surface area contributed by atoms with Gasteiger partial charge in [-0.1, -0.05) is 6.58 Å². The summed E-state index contributed by atoms with van der Waals surface area (Å²) in [7, 11) is 3.13. The van der Waals surface area contributed by atoms with Crippen LogP contribution in [0.4, 0.5) is 0 Å². The molecule has 0 N–H and O–H groups in total. The van der Waals surface area contributed by atoms with Gasteiger partial charge in [-0.05, 0) is 0 Å². The predicted molar refractivity (Wildman–Crippen MR) is 39.5 cm³/mol. The number of nitrogens with zero attached hydrogens (tertiary/aromatic N) is 2. The predicted octanol–water partition coefficient (Wildman–Crippen LogP) is -0.570. The van der Waals surface area contributed by atoms with Gasteiger partial charge in [0.15, 0.2) is 0 Å². The van der Waals surface area contributed by atoms with E-state index in [0.29, 0.717) is 0 Å². The van der Waals surface area contributed by atoms with Crippen molar-refractivity contribution in [1.29, 1.82) is 0 Å². The van der Waals surface area contributed by atoms with Crippen LogP contribution >= 0.6 is 0 Å². The summed E-state index contributed by atoms with van der Waals surface area (Å²) in [5.74, 6) is -0.288. The fraction of sp³-hybridized carbons (Fsp3) is 0.429. The van der Waals surface area contributed by atoms with Crippen LogP contribution in [-0.2, 0) is 9.59 Å². The summed E-state index contributed by atoms with van der Waals surface area (Å²) in [6.07, 6.45) is 0. The van der Waals surface area contributed by atoms with Crippen LogP contribution in [0.25, 0.3) is 0 Å². The monoisotopic (exact) mass is 154 g/mol. The molecule has 4 nitrogen and oxygen atoms in total. The molecule has 0 unspecified atom stereocenters. The first-order valence-electron chi connectivity index (χ1n) is 3.25. The highest BCUT2D eigenvalue weighted by Crippen LogP contribution is 2.09. The molecule has 0 bridgehead atoms. The van der Waals surface area contributed by atoms with E-state index in [1.54, 1.807) is 14.1 Å². The molecule has 1 heterocycles. The molecule has 2 amide bonds. The minimum atomic E-state index is -0.188. The van der Waals surface area contributed by atoms with E-state index in [1.807, 2.05) is 0 Å². The van der Waals surface area contributed by atoms with Crippen LogP contribution in [0.1, 0.15) is 0 Å². The van der Waals surface area contributed by atoms with Gasteiger partial charge >= 0.3 is 0 Å². The van der Waals surface area contributed by atoms with Crippen molar-refractivity contribution in [2.75, 3.05) is 20.6 Å². The Morgan fingerprint density at radius 3 is 2.45 bits per heavy atom. The first-order valence-corrected chi connectivity index (χ1v) is 3.25. The van der Waals surface area contributed by atoms with Gasteiger partial charge in [0.25, 0.3) is 5.91 Å². The lowest BCUT2D eigenvalue weighted by Crippen LogP contribution is -2.48. The summed E-state index contributed by atoms with van der Waals surface area (Å²) in [5, 5.41) is 0. The molecule has 0 spiro atoms. The molecule has 0 saturated carbocycles. The van der Waals surface area contributed by atoms with Crippen LogP contribution in [0.2, 0.25) is 0 Å². The summed E-state index contributed by atoms with van der Waals surface area (Å²) in [6, 6.07) is 0. The van der Waals surface area contributed by atoms with Crippen molar-refractivity contribution in [3.63, 3.8) is 0 Å². The van der Waals surface area contributed by atoms with E-state index in [2.05, 4.69) is 6.58 Å². The smallest absolute Gasteiger partial charge is 0.270 e. The second-order valence-electron chi connectivity index (χ2n) is 2.56. The normalized spacial score (nSPS) is 19.6. The zero-order valence-corrected chi connectivity index (χ0v) is 6.63. The Morgan fingerprint density at radius 2 is 1.91 bits per heavy atom. The second-order valence-corrected chi connectivity index (χ2v) is 2.56. The highest BCUT2D eigenvalue weighted by Gasteiger charge is 2.28. The summed E-state index contributed by atoms with van der Waals surface area (Å²) in [5.41, 5.74) is 0.240. The molecule has 0 aliphatic carbocycles. The molecule has 0 aromatic carbocycles. The minimum Gasteiger partial charge on any atom is -0.331 e. The topological polar surface area (TPSA) is 40.6 Å². The van der Waals surface area contributed by atoms with E-state index in [9.17, 15) is 9.59 Å². The number of rotatable bonds is 0. The van der Waals surface area contributed by atoms with Gasteiger partial charge in [0.2, 0.25) is 5.91 Å². The Bertz CT molecular complexity index is 235. The lowest BCUT2D eigenvalue weighted by Gasteiger charge is -2.30. The molecule has 4 heteroatoms. The first-order chi connectivity index (χ1) is 5.04. The standard InChI is InChI=1S/C7H10N2O2/c1-5-7(11)8(2)4-6(10)9(5)3/h1,4H2,2-3H3. The van der Waals surface area contributed by atoms with E-state index in [4.69, 9.17) is 0 Å². The van der Waals surface area contributed by atoms with Crippen molar-refractivity contribution in [3.05, 3.63) is 12.3 Å². The second kappa shape index (κ2) is 2.38. The average Bonchev–Trinajstić information content (AvgIpc) is 1.97. The summed E-state index contributed by atoms with van der Waals surface area (Å²) >= 11 is 0. The molecule has 0 radical (unpaired) electrons. The van der Waals surface area contributed by atoms with Gasteiger partial charge in [0, 0.05) is 14.1 Å². The summed E-state index contributed by atoms with van der Waals surface area (Å²) in [6.45, 7) is 3.64. The number of amides is 2. The van der Waals surface area contributed by atoms with Gasteiger partial charge in [-0.15, -0.1) is 0 Å². The lowest BCUT2D eigenvalue weighted by atomic mass is 10.3. The molecule has 0 aromatic heterocycles. The Balaban J connectivity index is 2.87. The van der Waals surface area contributed by atoms with Crippen LogP contribution in [0, 0.1) is 0 Å². The third-order valence-electron chi connectivity index (χ3n) is 1.74. The molecule has 0 aromatic rings. The zero-order valence-electron chi connectivity index (χ0n) is 6.63.